The van der Waals surface area contributed by atoms with Crippen LogP contribution in [0.15, 0.2) is 0 Å². The number of aliphatic hydroxyl groups excluding tert-OH is 2. The van der Waals surface area contributed by atoms with Gasteiger partial charge in [-0.2, -0.15) is 0 Å². The van der Waals surface area contributed by atoms with E-state index in [0.717, 1.165) is 12.8 Å². The summed E-state index contributed by atoms with van der Waals surface area (Å²) >= 11 is 0. The van der Waals surface area contributed by atoms with Crippen LogP contribution in [0.1, 0.15) is 135 Å². The summed E-state index contributed by atoms with van der Waals surface area (Å²) in [7, 11) is -4.61. The van der Waals surface area contributed by atoms with Crippen molar-refractivity contribution in [2.45, 2.75) is 141 Å². The molecule has 0 radical (unpaired) electrons. The molecule has 6 N–H and O–H groups in total. The Hall–Kier alpha value is -0.553. The van der Waals surface area contributed by atoms with E-state index in [9.17, 15) is 4.79 Å². The van der Waals surface area contributed by atoms with Crippen molar-refractivity contribution in [2.24, 2.45) is 0 Å². The molecular weight excluding hydrogens is 456 g/mol. The summed E-state index contributed by atoms with van der Waals surface area (Å²) in [5.74, 6) is -0.274. The van der Waals surface area contributed by atoms with Crippen molar-refractivity contribution in [3.05, 3.63) is 0 Å². The van der Waals surface area contributed by atoms with Crippen molar-refractivity contribution >= 4 is 15.0 Å². The molecule has 0 spiro atoms. The Morgan fingerprint density at radius 1 is 0.647 bits per heavy atom. The number of ether oxygens (including phenoxy) is 1. The predicted molar refractivity (Wildman–Crippen MR) is 137 cm³/mol. The Balaban J connectivity index is 0. The Labute approximate surface area is 208 Å². The largest absolute Gasteiger partial charge is 0.668 e. The van der Waals surface area contributed by atoms with E-state index in [1.807, 2.05) is 0 Å². The van der Waals surface area contributed by atoms with E-state index in [4.69, 9.17) is 34.1 Å². The van der Waals surface area contributed by atoms with Gasteiger partial charge in [-0.25, -0.2) is 0 Å². The predicted octanol–water partition coefficient (Wildman–Crippen LogP) is 4.10. The lowest BCUT2D eigenvalue weighted by atomic mass is 10.0. The highest BCUT2D eigenvalue weighted by atomic mass is 28.4. The van der Waals surface area contributed by atoms with Crippen molar-refractivity contribution in [3.63, 3.8) is 0 Å². The summed E-state index contributed by atoms with van der Waals surface area (Å²) in [6.07, 6.45) is 24.9. The lowest BCUT2D eigenvalue weighted by molar-refractivity contribution is -0.147. The molecule has 0 aliphatic carbocycles. The fourth-order valence-electron chi connectivity index (χ4n) is 3.66. The van der Waals surface area contributed by atoms with E-state index in [1.165, 1.54) is 109 Å². The van der Waals surface area contributed by atoms with Gasteiger partial charge in [-0.05, 0) is 6.42 Å². The van der Waals surface area contributed by atoms with Crippen LogP contribution in [0.4, 0.5) is 0 Å². The van der Waals surface area contributed by atoms with Crippen LogP contribution in [0.5, 0.6) is 0 Å². The molecule has 0 saturated heterocycles. The molecule has 34 heavy (non-hydrogen) atoms. The first-order valence-corrected chi connectivity index (χ1v) is 15.3. The average molecular weight is 511 g/mol. The average Bonchev–Trinajstić information content (AvgIpc) is 2.77. The first-order chi connectivity index (χ1) is 16.2. The highest BCUT2D eigenvalue weighted by Gasteiger charge is 2.22. The van der Waals surface area contributed by atoms with Crippen molar-refractivity contribution in [3.8, 4) is 0 Å². The maximum Gasteiger partial charge on any atom is 0.668 e. The molecule has 0 heterocycles. The van der Waals surface area contributed by atoms with Crippen LogP contribution in [-0.2, 0) is 9.53 Å². The van der Waals surface area contributed by atoms with Gasteiger partial charge in [0.1, 0.15) is 12.7 Å². The smallest absolute Gasteiger partial charge is 0.463 e. The number of unbranched alkanes of at least 4 members (excludes halogenated alkanes) is 18. The number of carbonyl (C=O) groups is 1. The Morgan fingerprint density at radius 2 is 0.941 bits per heavy atom. The quantitative estimate of drug-likeness (QED) is 0.0684. The molecule has 0 aliphatic rings. The number of esters is 1. The monoisotopic (exact) mass is 510 g/mol. The van der Waals surface area contributed by atoms with E-state index in [-0.39, 0.29) is 19.2 Å². The summed E-state index contributed by atoms with van der Waals surface area (Å²) in [6.45, 7) is 1.81. The van der Waals surface area contributed by atoms with Crippen LogP contribution in [-0.4, -0.2) is 63.7 Å². The summed E-state index contributed by atoms with van der Waals surface area (Å²) < 4.78 is 4.88. The van der Waals surface area contributed by atoms with Crippen LogP contribution >= 0.6 is 0 Å². The molecule has 0 aromatic carbocycles. The molecular formula is C25H54O8Si. The third kappa shape index (κ3) is 38.7. The first kappa shape index (κ1) is 35.6. The second kappa shape index (κ2) is 27.0. The van der Waals surface area contributed by atoms with Crippen molar-refractivity contribution < 1.29 is 38.9 Å². The fourth-order valence-corrected chi connectivity index (χ4v) is 3.66. The minimum absolute atomic E-state index is 0.103. The van der Waals surface area contributed by atoms with E-state index in [1.54, 1.807) is 0 Å². The SMILES string of the molecule is CCCCCCCCCCCCCCCCCCCCCC(=O)OCC(O)CO.O[Si](O)(O)O. The van der Waals surface area contributed by atoms with Gasteiger partial charge in [0.25, 0.3) is 0 Å². The Morgan fingerprint density at radius 3 is 1.24 bits per heavy atom. The van der Waals surface area contributed by atoms with Gasteiger partial charge in [0.2, 0.25) is 0 Å². The maximum absolute atomic E-state index is 11.4. The van der Waals surface area contributed by atoms with Gasteiger partial charge in [0.15, 0.2) is 0 Å². The normalized spacial score (nSPS) is 12.2. The van der Waals surface area contributed by atoms with E-state index in [0.29, 0.717) is 6.42 Å². The number of hydrogen-bond acceptors (Lipinski definition) is 8. The molecule has 0 aromatic rings. The van der Waals surface area contributed by atoms with Crippen molar-refractivity contribution in [1.82, 2.24) is 0 Å². The molecule has 206 valence electrons. The zero-order chi connectivity index (χ0) is 25.9. The molecule has 0 bridgehead atoms. The van der Waals surface area contributed by atoms with Crippen LogP contribution in [0, 0.1) is 0 Å². The Bertz CT molecular complexity index is 412. The maximum atomic E-state index is 11.4. The molecule has 0 aromatic heterocycles. The summed E-state index contributed by atoms with van der Waals surface area (Å²) in [6, 6.07) is 0. The molecule has 8 nitrogen and oxygen atoms in total. The highest BCUT2D eigenvalue weighted by molar-refractivity contribution is 6.46. The zero-order valence-electron chi connectivity index (χ0n) is 21.6. The molecule has 1 atom stereocenters. The molecule has 0 rings (SSSR count). The standard InChI is InChI=1S/C25H50O4.H4O4Si/c1-2-3-4-5-6-7-8-9-10-11-12-13-14-15-16-17-18-19-20-21-25(28)29-23-24(27)22-26;1-5(2,3)4/h24,26-27H,2-23H2,1H3;1-4H. The van der Waals surface area contributed by atoms with Gasteiger partial charge < -0.3 is 34.1 Å². The second-order valence-electron chi connectivity index (χ2n) is 9.23. The van der Waals surface area contributed by atoms with Crippen LogP contribution in [0.3, 0.4) is 0 Å². The molecule has 0 aliphatic heterocycles. The highest BCUT2D eigenvalue weighted by Crippen LogP contribution is 2.14. The summed E-state index contributed by atoms with van der Waals surface area (Å²) in [5, 5.41) is 17.8. The molecule has 0 fully saturated rings. The lowest BCUT2D eigenvalue weighted by Gasteiger charge is -2.08. The van der Waals surface area contributed by atoms with Crippen LogP contribution < -0.4 is 0 Å². The van der Waals surface area contributed by atoms with E-state index in [2.05, 4.69) is 6.92 Å². The lowest BCUT2D eigenvalue weighted by Crippen LogP contribution is -2.33. The van der Waals surface area contributed by atoms with Gasteiger partial charge in [0, 0.05) is 6.42 Å². The molecule has 0 amide bonds. The van der Waals surface area contributed by atoms with E-state index >= 15 is 0 Å². The second-order valence-corrected chi connectivity index (χ2v) is 10.4. The number of hydrogen-bond donors (Lipinski definition) is 6. The van der Waals surface area contributed by atoms with Gasteiger partial charge in [-0.3, -0.25) is 4.79 Å². The topological polar surface area (TPSA) is 148 Å². The van der Waals surface area contributed by atoms with Crippen molar-refractivity contribution in [1.29, 1.82) is 0 Å². The number of aliphatic hydroxyl groups is 2. The number of carbonyl (C=O) groups excluding carboxylic acids is 1. The molecule has 0 saturated carbocycles. The molecule has 9 heteroatoms. The third-order valence-electron chi connectivity index (χ3n) is 5.63. The molecule has 1 unspecified atom stereocenters. The minimum atomic E-state index is -4.61. The van der Waals surface area contributed by atoms with E-state index < -0.39 is 15.2 Å². The van der Waals surface area contributed by atoms with Gasteiger partial charge in [-0.15, -0.1) is 0 Å². The van der Waals surface area contributed by atoms with Gasteiger partial charge in [0.05, 0.1) is 6.61 Å². The summed E-state index contributed by atoms with van der Waals surface area (Å²) in [4.78, 5) is 40.7. The fraction of sp³-hybridized carbons (Fsp3) is 0.960. The first-order valence-electron chi connectivity index (χ1n) is 13.5. The number of rotatable bonds is 23. The minimum Gasteiger partial charge on any atom is -0.463 e. The van der Waals surface area contributed by atoms with Crippen LogP contribution in [0.25, 0.3) is 0 Å². The zero-order valence-corrected chi connectivity index (χ0v) is 22.6. The summed E-state index contributed by atoms with van der Waals surface area (Å²) in [5.41, 5.74) is 0. The Kier molecular flexibility index (Phi) is 28.3. The third-order valence-corrected chi connectivity index (χ3v) is 5.63. The van der Waals surface area contributed by atoms with Crippen molar-refractivity contribution in [2.75, 3.05) is 13.2 Å². The van der Waals surface area contributed by atoms with Crippen LogP contribution in [0.2, 0.25) is 0 Å². The van der Waals surface area contributed by atoms with Gasteiger partial charge in [-0.1, -0.05) is 122 Å². The van der Waals surface area contributed by atoms with Gasteiger partial charge >= 0.3 is 15.0 Å².